The minimum Gasteiger partial charge on any atom is -0.504 e. The number of aromatic nitrogens is 2. The summed E-state index contributed by atoms with van der Waals surface area (Å²) in [6.45, 7) is 0.522. The number of nitrogens with two attached hydrogens (primary N) is 2. The monoisotopic (exact) mass is 335 g/mol. The van der Waals surface area contributed by atoms with E-state index in [-0.39, 0.29) is 30.3 Å². The molecule has 2 aromatic rings. The molecule has 7 nitrogen and oxygen atoms in total. The van der Waals surface area contributed by atoms with Crippen LogP contribution < -0.4 is 16.4 Å². The third-order valence-electron chi connectivity index (χ3n) is 4.00. The maximum atomic E-state index is 14.0. The zero-order valence-corrected chi connectivity index (χ0v) is 12.5. The standard InChI is InChI=1S/C15H15F2N5O2/c16-7-1-2-10(17)8(3-7)9-5-22(6-11(9)18)15-20-4-12(23)13(21-15)14(19)24/h1-4,9,11,23H,5-6,18H2,(H2,19,24). The number of aromatic hydroxyl groups is 1. The second kappa shape index (κ2) is 6.00. The molecule has 1 aromatic carbocycles. The zero-order valence-electron chi connectivity index (χ0n) is 12.5. The van der Waals surface area contributed by atoms with Gasteiger partial charge >= 0.3 is 0 Å². The molecule has 0 aliphatic carbocycles. The second-order valence-corrected chi connectivity index (χ2v) is 5.61. The highest BCUT2D eigenvalue weighted by Crippen LogP contribution is 2.31. The van der Waals surface area contributed by atoms with E-state index in [1.165, 1.54) is 0 Å². The summed E-state index contributed by atoms with van der Waals surface area (Å²) in [5.41, 5.74) is 11.1. The lowest BCUT2D eigenvalue weighted by Crippen LogP contribution is -2.29. The molecule has 5 N–H and O–H groups in total. The van der Waals surface area contributed by atoms with Crippen molar-refractivity contribution in [3.05, 3.63) is 47.3 Å². The van der Waals surface area contributed by atoms with E-state index in [1.807, 2.05) is 0 Å². The zero-order chi connectivity index (χ0) is 17.4. The van der Waals surface area contributed by atoms with Crippen molar-refractivity contribution in [3.63, 3.8) is 0 Å². The van der Waals surface area contributed by atoms with Gasteiger partial charge in [-0.05, 0) is 23.8 Å². The van der Waals surface area contributed by atoms with E-state index in [0.29, 0.717) is 0 Å². The van der Waals surface area contributed by atoms with Crippen LogP contribution in [-0.4, -0.2) is 40.1 Å². The molecule has 1 fully saturated rings. The Balaban J connectivity index is 1.90. The van der Waals surface area contributed by atoms with Crippen molar-refractivity contribution in [3.8, 4) is 5.75 Å². The minimum atomic E-state index is -0.896. The highest BCUT2D eigenvalue weighted by atomic mass is 19.1. The first-order chi connectivity index (χ1) is 11.4. The van der Waals surface area contributed by atoms with Gasteiger partial charge in [-0.1, -0.05) is 0 Å². The van der Waals surface area contributed by atoms with Crippen molar-refractivity contribution in [2.75, 3.05) is 18.0 Å². The number of carbonyl (C=O) groups is 1. The minimum absolute atomic E-state index is 0.136. The van der Waals surface area contributed by atoms with E-state index < -0.39 is 35.3 Å². The molecule has 0 spiro atoms. The predicted molar refractivity (Wildman–Crippen MR) is 81.5 cm³/mol. The molecule has 1 saturated heterocycles. The van der Waals surface area contributed by atoms with Gasteiger partial charge in [-0.15, -0.1) is 0 Å². The van der Waals surface area contributed by atoms with Crippen LogP contribution in [0.4, 0.5) is 14.7 Å². The van der Waals surface area contributed by atoms with Crippen molar-refractivity contribution in [1.82, 2.24) is 9.97 Å². The molecule has 2 unspecified atom stereocenters. The Morgan fingerprint density at radius 1 is 1.33 bits per heavy atom. The smallest absolute Gasteiger partial charge is 0.271 e. The van der Waals surface area contributed by atoms with Crippen LogP contribution >= 0.6 is 0 Å². The van der Waals surface area contributed by atoms with Gasteiger partial charge in [0.25, 0.3) is 5.91 Å². The van der Waals surface area contributed by atoms with Gasteiger partial charge in [-0.25, -0.2) is 18.7 Å². The summed E-state index contributed by atoms with van der Waals surface area (Å²) >= 11 is 0. The number of hydrogen-bond acceptors (Lipinski definition) is 6. The molecule has 1 aliphatic heterocycles. The van der Waals surface area contributed by atoms with Gasteiger partial charge in [0.05, 0.1) is 6.20 Å². The molecule has 1 aliphatic rings. The molecule has 0 radical (unpaired) electrons. The summed E-state index contributed by atoms with van der Waals surface area (Å²) in [7, 11) is 0. The van der Waals surface area contributed by atoms with E-state index in [0.717, 1.165) is 24.4 Å². The van der Waals surface area contributed by atoms with Gasteiger partial charge in [0.1, 0.15) is 11.6 Å². The number of hydrogen-bond donors (Lipinski definition) is 3. The number of nitrogens with zero attached hydrogens (tertiary/aromatic N) is 3. The van der Waals surface area contributed by atoms with Gasteiger partial charge in [-0.3, -0.25) is 4.79 Å². The fraction of sp³-hybridized carbons (Fsp3) is 0.267. The molecule has 2 heterocycles. The van der Waals surface area contributed by atoms with Crippen LogP contribution in [-0.2, 0) is 0 Å². The van der Waals surface area contributed by atoms with Crippen molar-refractivity contribution >= 4 is 11.9 Å². The SMILES string of the molecule is NC(=O)c1nc(N2CC(N)C(c3cc(F)ccc3F)C2)ncc1O. The second-order valence-electron chi connectivity index (χ2n) is 5.61. The number of carbonyl (C=O) groups excluding carboxylic acids is 1. The van der Waals surface area contributed by atoms with Crippen LogP contribution in [0.2, 0.25) is 0 Å². The summed E-state index contributed by atoms with van der Waals surface area (Å²) < 4.78 is 27.4. The number of primary amides is 1. The fourth-order valence-electron chi connectivity index (χ4n) is 2.82. The van der Waals surface area contributed by atoms with Gasteiger partial charge in [0.15, 0.2) is 11.4 Å². The first kappa shape index (κ1) is 16.1. The molecular formula is C15H15F2N5O2. The Morgan fingerprint density at radius 2 is 2.08 bits per heavy atom. The first-order valence-corrected chi connectivity index (χ1v) is 7.18. The molecule has 3 rings (SSSR count). The Bertz CT molecular complexity index is 801. The van der Waals surface area contributed by atoms with Gasteiger partial charge in [-0.2, -0.15) is 0 Å². The van der Waals surface area contributed by atoms with E-state index in [2.05, 4.69) is 9.97 Å². The van der Waals surface area contributed by atoms with Crippen molar-refractivity contribution in [2.45, 2.75) is 12.0 Å². The van der Waals surface area contributed by atoms with Crippen molar-refractivity contribution in [2.24, 2.45) is 11.5 Å². The fourth-order valence-corrected chi connectivity index (χ4v) is 2.82. The molecule has 126 valence electrons. The van der Waals surface area contributed by atoms with Crippen molar-refractivity contribution < 1.29 is 18.7 Å². The van der Waals surface area contributed by atoms with E-state index in [4.69, 9.17) is 11.5 Å². The average Bonchev–Trinajstić information content (AvgIpc) is 2.91. The number of halogens is 2. The number of amides is 1. The van der Waals surface area contributed by atoms with E-state index >= 15 is 0 Å². The summed E-state index contributed by atoms with van der Waals surface area (Å²) in [4.78, 5) is 20.8. The lowest BCUT2D eigenvalue weighted by Gasteiger charge is -2.17. The molecule has 1 aromatic heterocycles. The van der Waals surface area contributed by atoms with Crippen LogP contribution in [0.1, 0.15) is 22.0 Å². The highest BCUT2D eigenvalue weighted by molar-refractivity contribution is 5.93. The Morgan fingerprint density at radius 3 is 2.79 bits per heavy atom. The van der Waals surface area contributed by atoms with Crippen LogP contribution in [0.25, 0.3) is 0 Å². The van der Waals surface area contributed by atoms with Crippen LogP contribution in [0.3, 0.4) is 0 Å². The first-order valence-electron chi connectivity index (χ1n) is 7.18. The number of rotatable bonds is 3. The van der Waals surface area contributed by atoms with E-state index in [1.54, 1.807) is 4.90 Å². The van der Waals surface area contributed by atoms with Crippen LogP contribution in [0, 0.1) is 11.6 Å². The quantitative estimate of drug-likeness (QED) is 0.751. The number of benzene rings is 1. The van der Waals surface area contributed by atoms with E-state index in [9.17, 15) is 18.7 Å². The largest absolute Gasteiger partial charge is 0.504 e. The summed E-state index contributed by atoms with van der Waals surface area (Å²) in [5.74, 6) is -2.74. The molecular weight excluding hydrogens is 320 g/mol. The van der Waals surface area contributed by atoms with Gasteiger partial charge in [0, 0.05) is 25.0 Å². The van der Waals surface area contributed by atoms with Gasteiger partial charge in [0.2, 0.25) is 5.95 Å². The average molecular weight is 335 g/mol. The third-order valence-corrected chi connectivity index (χ3v) is 4.00. The van der Waals surface area contributed by atoms with Crippen molar-refractivity contribution in [1.29, 1.82) is 0 Å². The van der Waals surface area contributed by atoms with Gasteiger partial charge < -0.3 is 21.5 Å². The summed E-state index contributed by atoms with van der Waals surface area (Å²) in [5, 5.41) is 9.54. The number of anilines is 1. The normalized spacial score (nSPS) is 20.4. The van der Waals surface area contributed by atoms with Crippen LogP contribution in [0.5, 0.6) is 5.75 Å². The maximum Gasteiger partial charge on any atom is 0.271 e. The third kappa shape index (κ3) is 2.85. The predicted octanol–water partition coefficient (Wildman–Crippen LogP) is 0.490. The van der Waals surface area contributed by atoms with Crippen LogP contribution in [0.15, 0.2) is 24.4 Å². The summed E-state index contributed by atoms with van der Waals surface area (Å²) in [6.07, 6.45) is 1.06. The highest BCUT2D eigenvalue weighted by Gasteiger charge is 2.34. The Kier molecular flexibility index (Phi) is 4.02. The molecule has 24 heavy (non-hydrogen) atoms. The molecule has 0 bridgehead atoms. The lowest BCUT2D eigenvalue weighted by molar-refractivity contribution is 0.0992. The Hall–Kier alpha value is -2.81. The topological polar surface area (TPSA) is 118 Å². The maximum absolute atomic E-state index is 14.0. The molecule has 9 heteroatoms. The summed E-state index contributed by atoms with van der Waals surface area (Å²) in [6, 6.07) is 2.74. The molecule has 0 saturated carbocycles. The molecule has 1 amide bonds. The molecule has 2 atom stereocenters. The Labute approximate surface area is 135 Å². The lowest BCUT2D eigenvalue weighted by atomic mass is 9.94.